The van der Waals surface area contributed by atoms with Gasteiger partial charge in [0.25, 0.3) is 5.91 Å². The Morgan fingerprint density at radius 2 is 1.74 bits per heavy atom. The van der Waals surface area contributed by atoms with E-state index in [0.717, 1.165) is 44.0 Å². The molecule has 0 atom stereocenters. The molecule has 0 saturated carbocycles. The predicted octanol–water partition coefficient (Wildman–Crippen LogP) is 3.64. The molecule has 1 aromatic heterocycles. The zero-order chi connectivity index (χ0) is 21.0. The topological polar surface area (TPSA) is 49.2 Å². The van der Waals surface area contributed by atoms with Crippen LogP contribution in [0.15, 0.2) is 71.3 Å². The summed E-state index contributed by atoms with van der Waals surface area (Å²) in [5.74, 6) is 1.15. The van der Waals surface area contributed by atoms with Gasteiger partial charge in [0.1, 0.15) is 12.4 Å². The molecule has 3 aromatic rings. The molecule has 6 heteroatoms. The highest BCUT2D eigenvalue weighted by molar-refractivity contribution is 5.91. The maximum Gasteiger partial charge on any atom is 0.289 e. The molecule has 3 heterocycles. The summed E-state index contributed by atoms with van der Waals surface area (Å²) in [7, 11) is 0. The molecule has 5 rings (SSSR count). The molecule has 0 aliphatic carbocycles. The highest BCUT2D eigenvalue weighted by Crippen LogP contribution is 2.26. The second-order valence-corrected chi connectivity index (χ2v) is 8.09. The Morgan fingerprint density at radius 3 is 2.52 bits per heavy atom. The third kappa shape index (κ3) is 4.44. The summed E-state index contributed by atoms with van der Waals surface area (Å²) >= 11 is 0. The molecule has 2 aliphatic heterocycles. The third-order valence-corrected chi connectivity index (χ3v) is 6.02. The van der Waals surface area contributed by atoms with Gasteiger partial charge in [-0.2, -0.15) is 0 Å². The quantitative estimate of drug-likeness (QED) is 0.649. The molecular formula is C25H27N3O3. The minimum atomic E-state index is -0.0936. The summed E-state index contributed by atoms with van der Waals surface area (Å²) in [4.78, 5) is 19.5. The highest BCUT2D eigenvalue weighted by atomic mass is 16.5. The maximum absolute atomic E-state index is 12.7. The maximum atomic E-state index is 12.7. The van der Waals surface area contributed by atoms with E-state index in [9.17, 15) is 4.79 Å². The second-order valence-electron chi connectivity index (χ2n) is 8.09. The van der Waals surface area contributed by atoms with E-state index < -0.39 is 0 Å². The van der Waals surface area contributed by atoms with E-state index in [2.05, 4.69) is 52.3 Å². The number of piperazine rings is 1. The van der Waals surface area contributed by atoms with E-state index in [4.69, 9.17) is 9.15 Å². The number of amides is 1. The van der Waals surface area contributed by atoms with Crippen molar-refractivity contribution in [2.24, 2.45) is 0 Å². The Labute approximate surface area is 182 Å². The van der Waals surface area contributed by atoms with E-state index in [1.807, 2.05) is 6.07 Å². The van der Waals surface area contributed by atoms with Crippen LogP contribution in [0.1, 0.15) is 21.7 Å². The molecule has 1 saturated heterocycles. The average molecular weight is 418 g/mol. The smallest absolute Gasteiger partial charge is 0.289 e. The van der Waals surface area contributed by atoms with E-state index in [1.165, 1.54) is 17.5 Å². The number of carbonyl (C=O) groups excluding carboxylic acids is 1. The molecule has 1 fully saturated rings. The molecule has 0 spiro atoms. The van der Waals surface area contributed by atoms with Gasteiger partial charge in [-0.3, -0.25) is 9.69 Å². The van der Waals surface area contributed by atoms with Gasteiger partial charge >= 0.3 is 0 Å². The summed E-state index contributed by atoms with van der Waals surface area (Å²) in [6.07, 6.45) is 1.53. The molecule has 31 heavy (non-hydrogen) atoms. The average Bonchev–Trinajstić information content (AvgIpc) is 3.27. The largest absolute Gasteiger partial charge is 0.491 e. The Kier molecular flexibility index (Phi) is 5.63. The summed E-state index contributed by atoms with van der Waals surface area (Å²) in [5.41, 5.74) is 3.60. The summed E-state index contributed by atoms with van der Waals surface area (Å²) in [6, 6.07) is 20.4. The van der Waals surface area contributed by atoms with Crippen molar-refractivity contribution in [1.29, 1.82) is 0 Å². The van der Waals surface area contributed by atoms with Gasteiger partial charge in [0.15, 0.2) is 5.76 Å². The fraction of sp³-hybridized carbons (Fsp3) is 0.320. The van der Waals surface area contributed by atoms with E-state index in [1.54, 1.807) is 17.0 Å². The summed E-state index contributed by atoms with van der Waals surface area (Å²) in [6.45, 7) is 6.60. The minimum Gasteiger partial charge on any atom is -0.491 e. The first-order chi connectivity index (χ1) is 15.3. The lowest BCUT2D eigenvalue weighted by molar-refractivity contribution is 0.0701. The second kappa shape index (κ2) is 8.86. The number of fused-ring (bicyclic) bond motifs is 1. The number of para-hydroxylation sites is 1. The lowest BCUT2D eigenvalue weighted by Gasteiger charge is -2.36. The molecule has 0 N–H and O–H groups in total. The molecule has 0 bridgehead atoms. The van der Waals surface area contributed by atoms with Crippen LogP contribution in [-0.4, -0.2) is 55.0 Å². The first-order valence-electron chi connectivity index (χ1n) is 10.9. The number of nitrogens with zero attached hydrogens (tertiary/aromatic N) is 3. The third-order valence-electron chi connectivity index (χ3n) is 6.02. The molecule has 6 nitrogen and oxygen atoms in total. The van der Waals surface area contributed by atoms with Crippen LogP contribution in [-0.2, 0) is 13.1 Å². The van der Waals surface area contributed by atoms with Gasteiger partial charge in [0.2, 0.25) is 0 Å². The van der Waals surface area contributed by atoms with Crippen LogP contribution in [0.3, 0.4) is 0 Å². The number of rotatable bonds is 4. The van der Waals surface area contributed by atoms with E-state index in [-0.39, 0.29) is 5.91 Å². The fourth-order valence-electron chi connectivity index (χ4n) is 4.34. The van der Waals surface area contributed by atoms with Crippen LogP contribution in [0.5, 0.6) is 5.75 Å². The van der Waals surface area contributed by atoms with Crippen molar-refractivity contribution >= 4 is 11.6 Å². The van der Waals surface area contributed by atoms with Gasteiger partial charge in [-0.25, -0.2) is 0 Å². The van der Waals surface area contributed by atoms with Crippen LogP contribution in [0, 0.1) is 0 Å². The monoisotopic (exact) mass is 417 g/mol. The van der Waals surface area contributed by atoms with Crippen LogP contribution in [0.2, 0.25) is 0 Å². The first kappa shape index (κ1) is 19.7. The van der Waals surface area contributed by atoms with Crippen molar-refractivity contribution in [1.82, 2.24) is 9.80 Å². The van der Waals surface area contributed by atoms with Crippen molar-refractivity contribution in [3.8, 4) is 5.75 Å². The van der Waals surface area contributed by atoms with Gasteiger partial charge < -0.3 is 19.0 Å². The van der Waals surface area contributed by atoms with Gasteiger partial charge in [-0.05, 0) is 42.0 Å². The molecule has 2 aliphatic rings. The van der Waals surface area contributed by atoms with Crippen molar-refractivity contribution in [3.05, 3.63) is 83.8 Å². The van der Waals surface area contributed by atoms with Gasteiger partial charge in [0.05, 0.1) is 12.8 Å². The van der Waals surface area contributed by atoms with Crippen molar-refractivity contribution in [3.63, 3.8) is 0 Å². The molecule has 0 unspecified atom stereocenters. The minimum absolute atomic E-state index is 0.0936. The van der Waals surface area contributed by atoms with E-state index >= 15 is 0 Å². The Morgan fingerprint density at radius 1 is 0.903 bits per heavy atom. The highest BCUT2D eigenvalue weighted by Gasteiger charge is 2.23. The number of hydrogen-bond donors (Lipinski definition) is 0. The van der Waals surface area contributed by atoms with E-state index in [0.29, 0.717) is 25.5 Å². The Hall–Kier alpha value is -3.25. The fourth-order valence-corrected chi connectivity index (χ4v) is 4.34. The van der Waals surface area contributed by atoms with Crippen LogP contribution in [0.4, 0.5) is 5.69 Å². The molecule has 1 amide bonds. The van der Waals surface area contributed by atoms with Crippen molar-refractivity contribution < 1.29 is 13.9 Å². The van der Waals surface area contributed by atoms with Crippen molar-refractivity contribution in [2.75, 3.05) is 44.2 Å². The Balaban J connectivity index is 1.24. The van der Waals surface area contributed by atoms with Crippen LogP contribution >= 0.6 is 0 Å². The Bertz CT molecular complexity index is 1010. The molecule has 160 valence electrons. The van der Waals surface area contributed by atoms with Gasteiger partial charge in [-0.1, -0.05) is 24.3 Å². The lowest BCUT2D eigenvalue weighted by atomic mass is 10.1. The van der Waals surface area contributed by atoms with Gasteiger partial charge in [-0.15, -0.1) is 0 Å². The normalized spacial score (nSPS) is 17.0. The van der Waals surface area contributed by atoms with Crippen LogP contribution < -0.4 is 9.64 Å². The molecular weight excluding hydrogens is 390 g/mol. The summed E-state index contributed by atoms with van der Waals surface area (Å²) < 4.78 is 11.2. The zero-order valence-corrected chi connectivity index (χ0v) is 17.6. The van der Waals surface area contributed by atoms with Crippen LogP contribution in [0.25, 0.3) is 0 Å². The standard InChI is InChI=1S/C25H27N3O3/c29-25(24-7-4-15-30-24)28-14-16-31-23-9-8-20(17-21(23)19-28)18-26-10-12-27(13-11-26)22-5-2-1-3-6-22/h1-9,15,17H,10-14,16,18-19H2. The molecule has 2 aromatic carbocycles. The number of carbonyl (C=O) groups is 1. The number of hydrogen-bond acceptors (Lipinski definition) is 5. The number of furan rings is 1. The first-order valence-corrected chi connectivity index (χ1v) is 10.9. The predicted molar refractivity (Wildman–Crippen MR) is 119 cm³/mol. The number of ether oxygens (including phenoxy) is 1. The molecule has 0 radical (unpaired) electrons. The lowest BCUT2D eigenvalue weighted by Crippen LogP contribution is -2.45. The zero-order valence-electron chi connectivity index (χ0n) is 17.6. The van der Waals surface area contributed by atoms with Gasteiger partial charge in [0, 0.05) is 50.5 Å². The number of anilines is 1. The van der Waals surface area contributed by atoms with Crippen molar-refractivity contribution in [2.45, 2.75) is 13.1 Å². The SMILES string of the molecule is O=C(c1ccco1)N1CCOc2ccc(CN3CCN(c4ccccc4)CC3)cc2C1. The number of benzene rings is 2. The summed E-state index contributed by atoms with van der Waals surface area (Å²) in [5, 5.41) is 0.